The monoisotopic (exact) mass is 354 g/mol. The molecule has 4 rings (SSSR count). The predicted octanol–water partition coefficient (Wildman–Crippen LogP) is 1.37. The van der Waals surface area contributed by atoms with E-state index in [0.717, 1.165) is 49.0 Å². The quantitative estimate of drug-likeness (QED) is 0.695. The molecule has 0 bridgehead atoms. The highest BCUT2D eigenvalue weighted by molar-refractivity contribution is 5.49. The first-order valence-corrected chi connectivity index (χ1v) is 8.66. The smallest absolute Gasteiger partial charge is 0.231 e. The molecule has 136 valence electrons. The Hall–Kier alpha value is -2.97. The average molecular weight is 354 g/mol. The van der Waals surface area contributed by atoms with Crippen molar-refractivity contribution in [2.45, 2.75) is 18.8 Å². The molecule has 1 aliphatic heterocycles. The van der Waals surface area contributed by atoms with Crippen molar-refractivity contribution in [2.24, 2.45) is 0 Å². The van der Waals surface area contributed by atoms with Crippen molar-refractivity contribution >= 4 is 17.3 Å². The molecule has 0 aliphatic carbocycles. The van der Waals surface area contributed by atoms with Crippen LogP contribution in [0.1, 0.15) is 24.6 Å². The fraction of sp³-hybridized carbons (Fsp3) is 0.471. The van der Waals surface area contributed by atoms with Crippen molar-refractivity contribution in [3.63, 3.8) is 0 Å². The summed E-state index contributed by atoms with van der Waals surface area (Å²) in [5, 5.41) is 13.1. The summed E-state index contributed by atoms with van der Waals surface area (Å²) in [4.78, 5) is 13.0. The molecule has 0 spiro atoms. The molecule has 1 aliphatic rings. The van der Waals surface area contributed by atoms with Crippen molar-refractivity contribution in [1.82, 2.24) is 29.8 Å². The van der Waals surface area contributed by atoms with Crippen LogP contribution in [0, 0.1) is 0 Å². The van der Waals surface area contributed by atoms with E-state index >= 15 is 0 Å². The predicted molar refractivity (Wildman–Crippen MR) is 97.9 cm³/mol. The number of hydrogen-bond donors (Lipinski definition) is 0. The van der Waals surface area contributed by atoms with Gasteiger partial charge in [-0.15, -0.1) is 15.3 Å². The topological polar surface area (TPSA) is 84.6 Å². The lowest BCUT2D eigenvalue weighted by Crippen LogP contribution is -2.34. The molecule has 0 N–H and O–H groups in total. The minimum Gasteiger partial charge on any atom is -0.480 e. The minimum absolute atomic E-state index is 0.316. The molecule has 0 atom stereocenters. The third kappa shape index (κ3) is 3.00. The molecule has 0 radical (unpaired) electrons. The van der Waals surface area contributed by atoms with Gasteiger partial charge in [0.2, 0.25) is 5.88 Å². The van der Waals surface area contributed by atoms with E-state index in [9.17, 15) is 0 Å². The third-order valence-electron chi connectivity index (χ3n) is 4.75. The minimum atomic E-state index is 0.316. The summed E-state index contributed by atoms with van der Waals surface area (Å²) in [5.74, 6) is 3.66. The van der Waals surface area contributed by atoms with Gasteiger partial charge >= 0.3 is 0 Å². The Kier molecular flexibility index (Phi) is 4.27. The highest BCUT2D eigenvalue weighted by atomic mass is 16.5. The molecule has 0 aromatic carbocycles. The van der Waals surface area contributed by atoms with Crippen LogP contribution in [0.15, 0.2) is 24.5 Å². The summed E-state index contributed by atoms with van der Waals surface area (Å²) < 4.78 is 7.03. The van der Waals surface area contributed by atoms with Crippen molar-refractivity contribution < 1.29 is 4.74 Å². The first-order valence-electron chi connectivity index (χ1n) is 8.66. The third-order valence-corrected chi connectivity index (χ3v) is 4.75. The molecule has 3 aromatic heterocycles. The zero-order valence-corrected chi connectivity index (χ0v) is 15.2. The van der Waals surface area contributed by atoms with Crippen molar-refractivity contribution in [2.75, 3.05) is 44.1 Å². The second kappa shape index (κ2) is 6.74. The fourth-order valence-electron chi connectivity index (χ4n) is 3.27. The highest BCUT2D eigenvalue weighted by Gasteiger charge is 2.26. The van der Waals surface area contributed by atoms with Crippen LogP contribution < -0.4 is 14.5 Å². The maximum absolute atomic E-state index is 5.23. The van der Waals surface area contributed by atoms with E-state index < -0.39 is 0 Å². The summed E-state index contributed by atoms with van der Waals surface area (Å²) in [6.45, 7) is 1.82. The highest BCUT2D eigenvalue weighted by Crippen LogP contribution is 2.29. The zero-order chi connectivity index (χ0) is 18.1. The number of methoxy groups -OCH3 is 1. The van der Waals surface area contributed by atoms with Crippen molar-refractivity contribution in [1.29, 1.82) is 0 Å². The number of hydrogen-bond acceptors (Lipinski definition) is 8. The number of fused-ring (bicyclic) bond motifs is 1. The first kappa shape index (κ1) is 16.5. The molecular formula is C17H22N8O. The van der Waals surface area contributed by atoms with E-state index in [1.807, 2.05) is 31.1 Å². The van der Waals surface area contributed by atoms with Gasteiger partial charge in [-0.05, 0) is 18.9 Å². The summed E-state index contributed by atoms with van der Waals surface area (Å²) in [7, 11) is 5.58. The maximum atomic E-state index is 5.23. The van der Waals surface area contributed by atoms with Gasteiger partial charge in [-0.1, -0.05) is 0 Å². The van der Waals surface area contributed by atoms with Gasteiger partial charge in [0.25, 0.3) is 0 Å². The van der Waals surface area contributed by atoms with Crippen LogP contribution in [-0.4, -0.2) is 64.1 Å². The second-order valence-corrected chi connectivity index (χ2v) is 6.59. The van der Waals surface area contributed by atoms with Crippen LogP contribution in [0.25, 0.3) is 5.65 Å². The Labute approximate surface area is 151 Å². The van der Waals surface area contributed by atoms with Gasteiger partial charge in [-0.25, -0.2) is 9.97 Å². The van der Waals surface area contributed by atoms with Gasteiger partial charge in [0, 0.05) is 45.2 Å². The molecule has 26 heavy (non-hydrogen) atoms. The molecule has 1 saturated heterocycles. The number of rotatable bonds is 4. The first-order chi connectivity index (χ1) is 12.7. The van der Waals surface area contributed by atoms with Crippen LogP contribution in [0.4, 0.5) is 11.6 Å². The van der Waals surface area contributed by atoms with Crippen LogP contribution in [0.3, 0.4) is 0 Å². The number of anilines is 2. The second-order valence-electron chi connectivity index (χ2n) is 6.59. The lowest BCUT2D eigenvalue weighted by molar-refractivity contribution is 0.386. The Morgan fingerprint density at radius 2 is 1.92 bits per heavy atom. The van der Waals surface area contributed by atoms with Gasteiger partial charge in [0.1, 0.15) is 18.0 Å². The Morgan fingerprint density at radius 1 is 1.12 bits per heavy atom. The van der Waals surface area contributed by atoms with E-state index in [-0.39, 0.29) is 0 Å². The van der Waals surface area contributed by atoms with Gasteiger partial charge in [0.15, 0.2) is 11.5 Å². The maximum Gasteiger partial charge on any atom is 0.231 e. The average Bonchev–Trinajstić information content (AvgIpc) is 3.11. The van der Waals surface area contributed by atoms with Crippen molar-refractivity contribution in [3.8, 4) is 5.88 Å². The molecule has 4 heterocycles. The van der Waals surface area contributed by atoms with E-state index in [1.54, 1.807) is 24.0 Å². The summed E-state index contributed by atoms with van der Waals surface area (Å²) in [5.41, 5.74) is 0.745. The summed E-state index contributed by atoms with van der Waals surface area (Å²) in [6.07, 6.45) is 3.57. The lowest BCUT2D eigenvalue weighted by atomic mass is 9.96. The van der Waals surface area contributed by atoms with Crippen LogP contribution in [-0.2, 0) is 0 Å². The molecule has 9 nitrogen and oxygen atoms in total. The van der Waals surface area contributed by atoms with E-state index in [0.29, 0.717) is 11.8 Å². The lowest BCUT2D eigenvalue weighted by Gasteiger charge is -2.32. The molecular weight excluding hydrogens is 332 g/mol. The van der Waals surface area contributed by atoms with Gasteiger partial charge in [-0.3, -0.25) is 0 Å². The standard InChI is InChI=1S/C17H22N8O/c1-23(2)14-10-15(19-11-18-14)24-8-6-12(7-9-24)17-21-20-13-4-5-16(26-3)22-25(13)17/h4-5,10-12H,6-9H2,1-3H3. The molecule has 9 heteroatoms. The number of nitrogens with zero attached hydrogens (tertiary/aromatic N) is 8. The fourth-order valence-corrected chi connectivity index (χ4v) is 3.27. The van der Waals surface area contributed by atoms with E-state index in [1.165, 1.54) is 0 Å². The molecule has 3 aromatic rings. The number of aromatic nitrogens is 6. The van der Waals surface area contributed by atoms with Crippen LogP contribution >= 0.6 is 0 Å². The molecule has 0 saturated carbocycles. The molecule has 0 amide bonds. The largest absolute Gasteiger partial charge is 0.480 e. The van der Waals surface area contributed by atoms with Gasteiger partial charge in [-0.2, -0.15) is 4.52 Å². The summed E-state index contributed by atoms with van der Waals surface area (Å²) >= 11 is 0. The molecule has 1 fully saturated rings. The number of ether oxygens (including phenoxy) is 1. The zero-order valence-electron chi connectivity index (χ0n) is 15.2. The van der Waals surface area contributed by atoms with Gasteiger partial charge < -0.3 is 14.5 Å². The van der Waals surface area contributed by atoms with E-state index in [2.05, 4.69) is 30.2 Å². The van der Waals surface area contributed by atoms with Crippen LogP contribution in [0.5, 0.6) is 5.88 Å². The normalized spacial score (nSPS) is 15.4. The molecule has 0 unspecified atom stereocenters. The Balaban J connectivity index is 1.51. The summed E-state index contributed by atoms with van der Waals surface area (Å²) in [6, 6.07) is 5.70. The number of piperidine rings is 1. The van der Waals surface area contributed by atoms with Gasteiger partial charge in [0.05, 0.1) is 7.11 Å². The van der Waals surface area contributed by atoms with E-state index in [4.69, 9.17) is 4.74 Å². The van der Waals surface area contributed by atoms with Crippen LogP contribution in [0.2, 0.25) is 0 Å². The van der Waals surface area contributed by atoms with Crippen molar-refractivity contribution in [3.05, 3.63) is 30.4 Å². The SMILES string of the molecule is COc1ccc2nnc(C3CCN(c4cc(N(C)C)ncn4)CC3)n2n1. The Morgan fingerprint density at radius 3 is 2.65 bits per heavy atom. The Bertz CT molecular complexity index is 901.